The highest BCUT2D eigenvalue weighted by Crippen LogP contribution is 2.30. The van der Waals surface area contributed by atoms with Crippen molar-refractivity contribution in [1.82, 2.24) is 0 Å². The van der Waals surface area contributed by atoms with Crippen molar-refractivity contribution in [1.29, 1.82) is 0 Å². The number of aryl methyl sites for hydroxylation is 1. The maximum absolute atomic E-state index is 6.25. The normalized spacial score (nSPS) is 13.3. The number of aliphatic imine (C=N–C) groups is 2. The van der Waals surface area contributed by atoms with Gasteiger partial charge in [-0.05, 0) is 105 Å². The number of nitrogens with zero attached hydrogens (tertiary/aromatic N) is 2. The number of furan rings is 1. The van der Waals surface area contributed by atoms with Gasteiger partial charge < -0.3 is 4.42 Å². The van der Waals surface area contributed by atoms with E-state index in [4.69, 9.17) is 4.42 Å². The fourth-order valence-corrected chi connectivity index (χ4v) is 5.34. The van der Waals surface area contributed by atoms with E-state index in [0.29, 0.717) is 5.70 Å². The Morgan fingerprint density at radius 3 is 2.21 bits per heavy atom. The van der Waals surface area contributed by atoms with Crippen LogP contribution in [-0.4, -0.2) is 18.5 Å². The highest BCUT2D eigenvalue weighted by Gasteiger charge is 2.17. The predicted octanol–water partition coefficient (Wildman–Crippen LogP) is 13.7. The Bertz CT molecular complexity index is 1860. The van der Waals surface area contributed by atoms with Crippen molar-refractivity contribution in [2.75, 3.05) is 6.54 Å². The molecule has 284 valence electrons. The summed E-state index contributed by atoms with van der Waals surface area (Å²) in [6.07, 6.45) is 30.7. The van der Waals surface area contributed by atoms with Gasteiger partial charge in [0, 0.05) is 29.8 Å². The minimum Gasteiger partial charge on any atom is -0.456 e. The Labute approximate surface area is 323 Å². The highest BCUT2D eigenvalue weighted by atomic mass is 16.3. The molecule has 3 aromatic rings. The van der Waals surface area contributed by atoms with Crippen LogP contribution in [0.3, 0.4) is 0 Å². The van der Waals surface area contributed by atoms with Crippen LogP contribution in [0, 0.1) is 6.92 Å². The second kappa shape index (κ2) is 29.5. The van der Waals surface area contributed by atoms with Crippen LogP contribution in [0.5, 0.6) is 0 Å². The maximum atomic E-state index is 6.25. The number of benzene rings is 2. The van der Waals surface area contributed by atoms with Crippen molar-refractivity contribution in [3.05, 3.63) is 155 Å². The van der Waals surface area contributed by atoms with Gasteiger partial charge in [-0.1, -0.05) is 139 Å². The van der Waals surface area contributed by atoms with Crippen LogP contribution in [0.25, 0.3) is 35.3 Å². The van der Waals surface area contributed by atoms with E-state index in [9.17, 15) is 0 Å². The standard InChI is InChI=1S/C26H26O.C18H26N2.2C2H6.C2H4/c1-17(2)26-19(4)25-23(15-20-12-10-9-11-18(20)3)22-14-8-6-5-7-13-21(22)16-24(25)27-26;1-5-8-10-11-12-13-15-18(16-19-7-3)20-17(4)14-9-6-2;3*1-2/h7-14,16H,4-6,15H2,1-3H3;6,8-10,12-14,16H,2,4-5,7,11,15H2,1,3H3;2*1-2H3;1-2H2/b13-7-,14-8-;10-8-,13-12-,14-9-,19-16?,20-18?;;;. The lowest BCUT2D eigenvalue weighted by Crippen LogP contribution is -2.20. The van der Waals surface area contributed by atoms with Crippen molar-refractivity contribution in [2.45, 2.75) is 101 Å². The number of hydrogen-bond acceptors (Lipinski definition) is 3. The first-order valence-corrected chi connectivity index (χ1v) is 19.3. The number of fused-ring (bicyclic) bond motifs is 2. The molecule has 3 nitrogen and oxygen atoms in total. The molecule has 0 atom stereocenters. The van der Waals surface area contributed by atoms with Gasteiger partial charge >= 0.3 is 0 Å². The third-order valence-electron chi connectivity index (χ3n) is 7.73. The Morgan fingerprint density at radius 1 is 0.925 bits per heavy atom. The van der Waals surface area contributed by atoms with Gasteiger partial charge in [-0.25, -0.2) is 0 Å². The minimum atomic E-state index is 0.710. The van der Waals surface area contributed by atoms with Crippen LogP contribution in [0.4, 0.5) is 0 Å². The van der Waals surface area contributed by atoms with Gasteiger partial charge in [0.1, 0.15) is 11.0 Å². The average molecular weight is 713 g/mol. The molecule has 0 spiro atoms. The molecule has 4 rings (SSSR count). The first kappa shape index (κ1) is 48.0. The summed E-state index contributed by atoms with van der Waals surface area (Å²) in [4.78, 5) is 8.70. The Balaban J connectivity index is 0.000000930. The number of allylic oxidation sites excluding steroid dienone is 9. The molecule has 3 heteroatoms. The molecular weight excluding hydrogens is 645 g/mol. The van der Waals surface area contributed by atoms with Gasteiger partial charge in [0.15, 0.2) is 0 Å². The average Bonchev–Trinajstić information content (AvgIpc) is 3.51. The maximum Gasteiger partial charge on any atom is 0.136 e. The fourth-order valence-electron chi connectivity index (χ4n) is 5.34. The molecule has 1 aromatic heterocycles. The first-order valence-electron chi connectivity index (χ1n) is 19.3. The molecule has 2 aromatic carbocycles. The molecule has 1 aliphatic carbocycles. The molecule has 1 aliphatic rings. The largest absolute Gasteiger partial charge is 0.456 e. The van der Waals surface area contributed by atoms with E-state index in [0.717, 1.165) is 72.6 Å². The molecule has 0 saturated heterocycles. The molecule has 0 fully saturated rings. The van der Waals surface area contributed by atoms with Gasteiger partial charge in [-0.15, -0.1) is 13.2 Å². The van der Waals surface area contributed by atoms with Crippen molar-refractivity contribution in [3.8, 4) is 0 Å². The quantitative estimate of drug-likeness (QED) is 0.105. The number of rotatable bonds is 12. The zero-order valence-electron chi connectivity index (χ0n) is 34.6. The second-order valence-corrected chi connectivity index (χ2v) is 11.7. The fraction of sp³-hybridized carbons (Fsp3) is 0.320. The van der Waals surface area contributed by atoms with Crippen molar-refractivity contribution < 1.29 is 4.42 Å². The summed E-state index contributed by atoms with van der Waals surface area (Å²) in [7, 11) is 0. The zero-order chi connectivity index (χ0) is 40.0. The van der Waals surface area contributed by atoms with Crippen molar-refractivity contribution in [3.63, 3.8) is 0 Å². The summed E-state index contributed by atoms with van der Waals surface area (Å²) in [5.41, 5.74) is 11.2. The molecule has 0 saturated carbocycles. The van der Waals surface area contributed by atoms with Gasteiger partial charge in [-0.2, -0.15) is 0 Å². The lowest BCUT2D eigenvalue weighted by molar-refractivity contribution is 0.571. The molecular formula is C50H68N2O. The van der Waals surface area contributed by atoms with Crippen LogP contribution < -0.4 is 10.6 Å². The monoisotopic (exact) mass is 713 g/mol. The highest BCUT2D eigenvalue weighted by molar-refractivity contribution is 6.31. The Hall–Kier alpha value is -5.02. The van der Waals surface area contributed by atoms with Gasteiger partial charge in [-0.3, -0.25) is 9.98 Å². The van der Waals surface area contributed by atoms with Crippen molar-refractivity contribution in [2.24, 2.45) is 9.98 Å². The van der Waals surface area contributed by atoms with E-state index in [1.807, 2.05) is 53.0 Å². The van der Waals surface area contributed by atoms with Crippen LogP contribution in [-0.2, 0) is 6.42 Å². The van der Waals surface area contributed by atoms with E-state index < -0.39 is 0 Å². The Kier molecular flexibility index (Phi) is 26.7. The predicted molar refractivity (Wildman–Crippen MR) is 244 cm³/mol. The molecule has 0 N–H and O–H groups in total. The summed E-state index contributed by atoms with van der Waals surface area (Å²) >= 11 is 0. The van der Waals surface area contributed by atoms with E-state index >= 15 is 0 Å². The smallest absolute Gasteiger partial charge is 0.136 e. The summed E-state index contributed by atoms with van der Waals surface area (Å²) in [5.74, 6) is 0. The van der Waals surface area contributed by atoms with Gasteiger partial charge in [0.25, 0.3) is 0 Å². The summed E-state index contributed by atoms with van der Waals surface area (Å²) in [6.45, 7) is 37.2. The first-order chi connectivity index (χ1) is 25.8. The Morgan fingerprint density at radius 2 is 1.58 bits per heavy atom. The lowest BCUT2D eigenvalue weighted by atomic mass is 9.89. The molecule has 53 heavy (non-hydrogen) atoms. The summed E-state index contributed by atoms with van der Waals surface area (Å²) in [5, 5.41) is 2.18. The van der Waals surface area contributed by atoms with E-state index in [1.165, 1.54) is 33.2 Å². The van der Waals surface area contributed by atoms with Crippen LogP contribution >= 0.6 is 0 Å². The molecule has 0 bridgehead atoms. The molecule has 0 aliphatic heterocycles. The van der Waals surface area contributed by atoms with Crippen molar-refractivity contribution >= 4 is 47.2 Å². The zero-order valence-corrected chi connectivity index (χ0v) is 34.6. The minimum absolute atomic E-state index is 0.710. The molecule has 0 amide bonds. The topological polar surface area (TPSA) is 37.9 Å². The van der Waals surface area contributed by atoms with Crippen LogP contribution in [0.2, 0.25) is 0 Å². The SMILES string of the molecule is C=C.C=C/C=C\C(=C)N=C(C=NCC)C/C=C\C/C=C\CC.C=c1c(=C(C)C)oc2cc3c(c(Cc4ccccc4C)c12)/C=C\CC/C=C\3.CC.CC. The van der Waals surface area contributed by atoms with Crippen LogP contribution in [0.15, 0.2) is 131 Å². The van der Waals surface area contributed by atoms with Gasteiger partial charge in [0.05, 0.1) is 11.4 Å². The third-order valence-corrected chi connectivity index (χ3v) is 7.73. The van der Waals surface area contributed by atoms with E-state index in [2.05, 4.69) is 150 Å². The molecule has 1 heterocycles. The summed E-state index contributed by atoms with van der Waals surface area (Å²) in [6, 6.07) is 10.8. The molecule has 0 unspecified atom stereocenters. The van der Waals surface area contributed by atoms with E-state index in [-0.39, 0.29) is 0 Å². The van der Waals surface area contributed by atoms with Crippen LogP contribution in [0.1, 0.15) is 115 Å². The lowest BCUT2D eigenvalue weighted by Gasteiger charge is -2.14. The third kappa shape index (κ3) is 16.9. The second-order valence-electron chi connectivity index (χ2n) is 11.7. The van der Waals surface area contributed by atoms with E-state index in [1.54, 1.807) is 6.08 Å². The molecule has 0 radical (unpaired) electrons. The summed E-state index contributed by atoms with van der Waals surface area (Å²) < 4.78 is 6.25. The number of hydrogen-bond donors (Lipinski definition) is 0. The van der Waals surface area contributed by atoms with Gasteiger partial charge in [0.2, 0.25) is 0 Å².